The minimum absolute atomic E-state index is 0.00340. The summed E-state index contributed by atoms with van der Waals surface area (Å²) < 4.78 is 5.63. The fraction of sp³-hybridized carbons (Fsp3) is 0.393. The fourth-order valence-electron chi connectivity index (χ4n) is 5.18. The molecule has 7 nitrogen and oxygen atoms in total. The Bertz CT molecular complexity index is 1080. The summed E-state index contributed by atoms with van der Waals surface area (Å²) >= 11 is 0. The number of carbonyl (C=O) groups is 3. The quantitative estimate of drug-likeness (QED) is 0.488. The molecule has 0 heterocycles. The number of amides is 2. The van der Waals surface area contributed by atoms with Crippen LogP contribution in [0.15, 0.2) is 60.2 Å². The largest absolute Gasteiger partial charge is 0.478 e. The molecule has 184 valence electrons. The van der Waals surface area contributed by atoms with Gasteiger partial charge in [0.15, 0.2) is 0 Å². The third kappa shape index (κ3) is 5.73. The van der Waals surface area contributed by atoms with Crippen molar-refractivity contribution in [1.29, 1.82) is 0 Å². The lowest BCUT2D eigenvalue weighted by Gasteiger charge is -2.30. The first kappa shape index (κ1) is 24.5. The number of carbonyl (C=O) groups excluding carboxylic acids is 2. The predicted molar refractivity (Wildman–Crippen MR) is 133 cm³/mol. The molecule has 3 N–H and O–H groups in total. The number of aliphatic carboxylic acids is 1. The molecule has 2 aromatic carbocycles. The highest BCUT2D eigenvalue weighted by molar-refractivity contribution is 5.86. The number of carboxylic acids is 1. The minimum Gasteiger partial charge on any atom is -0.478 e. The molecule has 2 aliphatic carbocycles. The van der Waals surface area contributed by atoms with Crippen LogP contribution < -0.4 is 10.6 Å². The molecule has 35 heavy (non-hydrogen) atoms. The lowest BCUT2D eigenvalue weighted by molar-refractivity contribution is -0.132. The van der Waals surface area contributed by atoms with Gasteiger partial charge in [0.2, 0.25) is 5.91 Å². The molecule has 2 aliphatic rings. The van der Waals surface area contributed by atoms with Crippen LogP contribution in [0.5, 0.6) is 0 Å². The van der Waals surface area contributed by atoms with Gasteiger partial charge in [-0.05, 0) is 47.9 Å². The van der Waals surface area contributed by atoms with Crippen molar-refractivity contribution in [2.24, 2.45) is 11.8 Å². The molecule has 1 saturated carbocycles. The van der Waals surface area contributed by atoms with Gasteiger partial charge in [-0.1, -0.05) is 67.4 Å². The van der Waals surface area contributed by atoms with E-state index in [1.807, 2.05) is 24.3 Å². The van der Waals surface area contributed by atoms with E-state index in [0.717, 1.165) is 36.8 Å². The van der Waals surface area contributed by atoms with Crippen molar-refractivity contribution in [2.45, 2.75) is 38.5 Å². The molecule has 0 radical (unpaired) electrons. The Morgan fingerprint density at radius 2 is 1.60 bits per heavy atom. The van der Waals surface area contributed by atoms with E-state index in [0.29, 0.717) is 6.54 Å². The van der Waals surface area contributed by atoms with Crippen LogP contribution in [0.4, 0.5) is 4.79 Å². The van der Waals surface area contributed by atoms with Gasteiger partial charge < -0.3 is 20.5 Å². The normalized spacial score (nSPS) is 19.4. The van der Waals surface area contributed by atoms with E-state index in [2.05, 4.69) is 34.9 Å². The molecule has 0 bridgehead atoms. The average molecular weight is 477 g/mol. The number of nitrogens with one attached hydrogen (secondary N) is 2. The molecule has 2 unspecified atom stereocenters. The number of benzene rings is 2. The number of rotatable bonds is 8. The molecule has 0 aliphatic heterocycles. The zero-order chi connectivity index (χ0) is 24.8. The average Bonchev–Trinajstić information content (AvgIpc) is 3.20. The monoisotopic (exact) mass is 476 g/mol. The lowest BCUT2D eigenvalue weighted by Crippen LogP contribution is -2.42. The Kier molecular flexibility index (Phi) is 7.85. The number of fused-ring (bicyclic) bond motifs is 3. The van der Waals surface area contributed by atoms with E-state index < -0.39 is 12.1 Å². The summed E-state index contributed by atoms with van der Waals surface area (Å²) in [6.07, 6.45) is 4.60. The van der Waals surface area contributed by atoms with E-state index in [-0.39, 0.29) is 42.4 Å². The summed E-state index contributed by atoms with van der Waals surface area (Å²) in [4.78, 5) is 36.2. The first-order valence-corrected chi connectivity index (χ1v) is 12.2. The number of alkyl carbamates (subject to hydrolysis) is 1. The smallest absolute Gasteiger partial charge is 0.407 e. The van der Waals surface area contributed by atoms with Crippen molar-refractivity contribution in [3.63, 3.8) is 0 Å². The number of ether oxygens (including phenoxy) is 1. The molecule has 0 spiro atoms. The van der Waals surface area contributed by atoms with Gasteiger partial charge in [-0.25, -0.2) is 9.59 Å². The van der Waals surface area contributed by atoms with Gasteiger partial charge in [0.25, 0.3) is 0 Å². The fourth-order valence-corrected chi connectivity index (χ4v) is 5.18. The molecule has 2 amide bonds. The van der Waals surface area contributed by atoms with Crippen molar-refractivity contribution < 1.29 is 24.2 Å². The maximum Gasteiger partial charge on any atom is 0.407 e. The Hall–Kier alpha value is -3.61. The summed E-state index contributed by atoms with van der Waals surface area (Å²) in [6.45, 7) is 2.30. The van der Waals surface area contributed by atoms with E-state index in [9.17, 15) is 14.4 Å². The molecule has 2 aromatic rings. The summed E-state index contributed by atoms with van der Waals surface area (Å²) in [5, 5.41) is 14.6. The summed E-state index contributed by atoms with van der Waals surface area (Å²) in [7, 11) is 0. The second-order valence-electron chi connectivity index (χ2n) is 9.29. The number of hydrogen-bond acceptors (Lipinski definition) is 4. The zero-order valence-corrected chi connectivity index (χ0v) is 20.0. The molecule has 4 rings (SSSR count). The van der Waals surface area contributed by atoms with Crippen molar-refractivity contribution in [1.82, 2.24) is 10.6 Å². The molecular weight excluding hydrogens is 444 g/mol. The van der Waals surface area contributed by atoms with E-state index in [1.54, 1.807) is 0 Å². The minimum atomic E-state index is -0.998. The van der Waals surface area contributed by atoms with Crippen LogP contribution in [0.1, 0.15) is 49.7 Å². The van der Waals surface area contributed by atoms with Crippen LogP contribution in [0.3, 0.4) is 0 Å². The molecule has 7 heteroatoms. The van der Waals surface area contributed by atoms with E-state index in [1.165, 1.54) is 24.1 Å². The zero-order valence-electron chi connectivity index (χ0n) is 20.0. The Morgan fingerprint density at radius 1 is 0.971 bits per heavy atom. The Labute approximate surface area is 205 Å². The second kappa shape index (κ2) is 11.2. The van der Waals surface area contributed by atoms with Gasteiger partial charge in [0.05, 0.1) is 0 Å². The summed E-state index contributed by atoms with van der Waals surface area (Å²) in [5.41, 5.74) is 4.89. The standard InChI is InChI=1S/C28H32N2O5/c1-18(27(32)33)14-15-29-26(31)20-9-3-2-8-19(20)16-30-28(34)35-17-25-23-12-6-4-10-21(23)22-11-5-7-13-24(22)25/h4-7,10-14,19-20,25H,2-3,8-9,15-17H2,1H3,(H,29,31)(H,30,34)(H,32,33)/b18-14+. The highest BCUT2D eigenvalue weighted by atomic mass is 16.5. The van der Waals surface area contributed by atoms with Gasteiger partial charge >= 0.3 is 12.1 Å². The van der Waals surface area contributed by atoms with Crippen LogP contribution in [-0.4, -0.2) is 42.8 Å². The Morgan fingerprint density at radius 3 is 2.26 bits per heavy atom. The highest BCUT2D eigenvalue weighted by Gasteiger charge is 2.32. The van der Waals surface area contributed by atoms with Crippen LogP contribution in [0, 0.1) is 11.8 Å². The van der Waals surface area contributed by atoms with Crippen LogP contribution in [0.25, 0.3) is 11.1 Å². The third-order valence-electron chi connectivity index (χ3n) is 7.12. The SMILES string of the molecule is C/C(=C\CNC(=O)C1CCCCC1CNC(=O)OCC1c2ccccc2-c2ccccc21)C(=O)O. The van der Waals surface area contributed by atoms with Crippen molar-refractivity contribution in [3.05, 3.63) is 71.3 Å². The predicted octanol–water partition coefficient (Wildman–Crippen LogP) is 4.48. The molecule has 1 fully saturated rings. The first-order valence-electron chi connectivity index (χ1n) is 12.2. The molecule has 0 aromatic heterocycles. The van der Waals surface area contributed by atoms with Gasteiger partial charge in [-0.2, -0.15) is 0 Å². The first-order chi connectivity index (χ1) is 17.0. The van der Waals surface area contributed by atoms with E-state index >= 15 is 0 Å². The maximum atomic E-state index is 12.7. The molecular formula is C28H32N2O5. The Balaban J connectivity index is 1.30. The molecule has 0 saturated heterocycles. The summed E-state index contributed by atoms with van der Waals surface area (Å²) in [5.74, 6) is -1.28. The van der Waals surface area contributed by atoms with Gasteiger partial charge in [0, 0.05) is 30.5 Å². The van der Waals surface area contributed by atoms with Crippen molar-refractivity contribution in [2.75, 3.05) is 19.7 Å². The highest BCUT2D eigenvalue weighted by Crippen LogP contribution is 2.44. The van der Waals surface area contributed by atoms with Gasteiger partial charge in [0.1, 0.15) is 6.61 Å². The lowest BCUT2D eigenvalue weighted by atomic mass is 9.78. The van der Waals surface area contributed by atoms with E-state index in [4.69, 9.17) is 9.84 Å². The van der Waals surface area contributed by atoms with Gasteiger partial charge in [-0.15, -0.1) is 0 Å². The maximum absolute atomic E-state index is 12.7. The van der Waals surface area contributed by atoms with Crippen molar-refractivity contribution in [3.8, 4) is 11.1 Å². The van der Waals surface area contributed by atoms with Crippen LogP contribution in [-0.2, 0) is 14.3 Å². The number of hydrogen-bond donors (Lipinski definition) is 3. The van der Waals surface area contributed by atoms with Crippen molar-refractivity contribution >= 4 is 18.0 Å². The van der Waals surface area contributed by atoms with Crippen LogP contribution in [0.2, 0.25) is 0 Å². The van der Waals surface area contributed by atoms with Gasteiger partial charge in [-0.3, -0.25) is 4.79 Å². The summed E-state index contributed by atoms with van der Waals surface area (Å²) in [6, 6.07) is 16.4. The second-order valence-corrected chi connectivity index (χ2v) is 9.29. The number of carboxylic acid groups (broad SMARTS) is 1. The third-order valence-corrected chi connectivity index (χ3v) is 7.12. The molecule has 2 atom stereocenters. The van der Waals surface area contributed by atoms with Crippen LogP contribution >= 0.6 is 0 Å². The topological polar surface area (TPSA) is 105 Å².